The average molecular weight is 276 g/mol. The topological polar surface area (TPSA) is 103 Å². The van der Waals surface area contributed by atoms with Crippen LogP contribution in [0.3, 0.4) is 0 Å². The van der Waals surface area contributed by atoms with E-state index in [0.29, 0.717) is 16.8 Å². The summed E-state index contributed by atoms with van der Waals surface area (Å²) in [5.41, 5.74) is 6.11. The van der Waals surface area contributed by atoms with Crippen molar-refractivity contribution < 1.29 is 0 Å². The lowest BCUT2D eigenvalue weighted by atomic mass is 10.2. The summed E-state index contributed by atoms with van der Waals surface area (Å²) in [7, 11) is 0. The molecule has 0 atom stereocenters. The van der Waals surface area contributed by atoms with Crippen molar-refractivity contribution in [2.45, 2.75) is 26.9 Å². The van der Waals surface area contributed by atoms with E-state index in [1.807, 2.05) is 0 Å². The number of aryl methyl sites for hydroxylation is 2. The number of nitrogens with two attached hydrogens (primary N) is 1. The summed E-state index contributed by atoms with van der Waals surface area (Å²) in [6.07, 6.45) is 1.51. The molecule has 2 aromatic rings. The van der Waals surface area contributed by atoms with Gasteiger partial charge in [-0.15, -0.1) is 0 Å². The van der Waals surface area contributed by atoms with Gasteiger partial charge >= 0.3 is 0 Å². The van der Waals surface area contributed by atoms with Crippen molar-refractivity contribution in [3.05, 3.63) is 60.5 Å². The van der Waals surface area contributed by atoms with Crippen LogP contribution < -0.4 is 22.4 Å². The smallest absolute Gasteiger partial charge is 0.268 e. The Bertz CT molecular complexity index is 814. The van der Waals surface area contributed by atoms with E-state index in [9.17, 15) is 14.4 Å². The first-order chi connectivity index (χ1) is 9.40. The van der Waals surface area contributed by atoms with Gasteiger partial charge in [-0.2, -0.15) is 0 Å². The second-order valence-corrected chi connectivity index (χ2v) is 4.64. The molecule has 7 nitrogen and oxygen atoms in total. The highest BCUT2D eigenvalue weighted by Crippen LogP contribution is 1.96. The molecule has 7 heteroatoms. The van der Waals surface area contributed by atoms with Crippen LogP contribution in [-0.4, -0.2) is 14.3 Å². The molecule has 0 saturated carbocycles. The first kappa shape index (κ1) is 13.9. The fraction of sp³-hybridized carbons (Fsp3) is 0.308. The van der Waals surface area contributed by atoms with Gasteiger partial charge in [0.2, 0.25) is 0 Å². The molecule has 0 aliphatic heterocycles. The van der Waals surface area contributed by atoms with Gasteiger partial charge in [0.1, 0.15) is 0 Å². The van der Waals surface area contributed by atoms with E-state index in [0.717, 1.165) is 0 Å². The van der Waals surface area contributed by atoms with E-state index in [2.05, 4.69) is 5.10 Å². The monoisotopic (exact) mass is 276 g/mol. The molecule has 20 heavy (non-hydrogen) atoms. The van der Waals surface area contributed by atoms with Gasteiger partial charge < -0.3 is 10.3 Å². The van der Waals surface area contributed by atoms with Crippen molar-refractivity contribution in [1.82, 2.24) is 14.3 Å². The third kappa shape index (κ3) is 2.56. The molecule has 2 aromatic heterocycles. The fourth-order valence-corrected chi connectivity index (χ4v) is 1.88. The number of nitrogens with one attached hydrogen (secondary N) is 1. The molecule has 106 valence electrons. The zero-order chi connectivity index (χ0) is 14.9. The summed E-state index contributed by atoms with van der Waals surface area (Å²) in [6, 6.07) is 2.88. The van der Waals surface area contributed by atoms with Gasteiger partial charge in [0.25, 0.3) is 16.7 Å². The predicted octanol–water partition coefficient (Wildman–Crippen LogP) is -0.402. The van der Waals surface area contributed by atoms with Gasteiger partial charge in [-0.25, -0.2) is 4.68 Å². The maximum Gasteiger partial charge on any atom is 0.268 e. The molecule has 0 radical (unpaired) electrons. The predicted molar refractivity (Wildman–Crippen MR) is 75.9 cm³/mol. The van der Waals surface area contributed by atoms with E-state index in [-0.39, 0.29) is 29.8 Å². The van der Waals surface area contributed by atoms with Crippen molar-refractivity contribution in [2.75, 3.05) is 5.73 Å². The third-order valence-electron chi connectivity index (χ3n) is 3.28. The molecule has 0 fully saturated rings. The van der Waals surface area contributed by atoms with E-state index >= 15 is 0 Å². The second-order valence-electron chi connectivity index (χ2n) is 4.64. The van der Waals surface area contributed by atoms with Crippen molar-refractivity contribution >= 4 is 5.69 Å². The number of pyridine rings is 1. The number of hydrogen-bond donors (Lipinski definition) is 2. The minimum Gasteiger partial charge on any atom is -0.398 e. The first-order valence-electron chi connectivity index (χ1n) is 6.16. The molecular weight excluding hydrogens is 260 g/mol. The van der Waals surface area contributed by atoms with Crippen molar-refractivity contribution in [3.63, 3.8) is 0 Å². The quantitative estimate of drug-likeness (QED) is 0.796. The fourth-order valence-electron chi connectivity index (χ4n) is 1.88. The molecule has 2 rings (SSSR count). The summed E-state index contributed by atoms with van der Waals surface area (Å²) in [5, 5.41) is 2.49. The van der Waals surface area contributed by atoms with Gasteiger partial charge in [0.15, 0.2) is 0 Å². The Morgan fingerprint density at radius 2 is 1.80 bits per heavy atom. The molecule has 0 spiro atoms. The number of nitrogens with zero attached hydrogens (tertiary/aromatic N) is 2. The van der Waals surface area contributed by atoms with Crippen LogP contribution in [0.15, 0.2) is 32.7 Å². The highest BCUT2D eigenvalue weighted by Gasteiger charge is 2.07. The molecule has 0 amide bonds. The van der Waals surface area contributed by atoms with E-state index < -0.39 is 0 Å². The Hall–Kier alpha value is -2.57. The van der Waals surface area contributed by atoms with Crippen LogP contribution >= 0.6 is 0 Å². The van der Waals surface area contributed by atoms with Crippen LogP contribution in [0.25, 0.3) is 0 Å². The molecule has 0 unspecified atom stereocenters. The van der Waals surface area contributed by atoms with Crippen LogP contribution in [0.4, 0.5) is 5.69 Å². The number of anilines is 1. The highest BCUT2D eigenvalue weighted by molar-refractivity contribution is 5.33. The molecule has 0 saturated heterocycles. The molecule has 2 heterocycles. The summed E-state index contributed by atoms with van der Waals surface area (Å²) in [6.45, 7) is 3.65. The van der Waals surface area contributed by atoms with Gasteiger partial charge in [0.05, 0.1) is 6.54 Å². The van der Waals surface area contributed by atoms with Gasteiger partial charge in [-0.05, 0) is 19.9 Å². The first-order valence-corrected chi connectivity index (χ1v) is 6.16. The maximum absolute atomic E-state index is 12.0. The number of H-pyrrole nitrogens is 1. The Balaban J connectivity index is 2.33. The number of rotatable bonds is 3. The Kier molecular flexibility index (Phi) is 3.60. The van der Waals surface area contributed by atoms with Crippen LogP contribution in [0.2, 0.25) is 0 Å². The number of aromatic amines is 1. The summed E-state index contributed by atoms with van der Waals surface area (Å²) >= 11 is 0. The third-order valence-corrected chi connectivity index (χ3v) is 3.28. The summed E-state index contributed by atoms with van der Waals surface area (Å²) in [4.78, 5) is 35.3. The Labute approximate surface area is 114 Å². The molecule has 0 bridgehead atoms. The van der Waals surface area contributed by atoms with Crippen LogP contribution in [-0.2, 0) is 13.1 Å². The van der Waals surface area contributed by atoms with Crippen LogP contribution in [0, 0.1) is 13.8 Å². The minimum absolute atomic E-state index is 0.193. The summed E-state index contributed by atoms with van der Waals surface area (Å²) < 4.78 is 2.61. The maximum atomic E-state index is 12.0. The lowest BCUT2D eigenvalue weighted by Gasteiger charge is -2.10. The van der Waals surface area contributed by atoms with Crippen molar-refractivity contribution in [3.8, 4) is 0 Å². The van der Waals surface area contributed by atoms with Gasteiger partial charge in [0, 0.05) is 35.6 Å². The average Bonchev–Trinajstić information content (AvgIpc) is 2.42. The lowest BCUT2D eigenvalue weighted by Crippen LogP contribution is -2.35. The SMILES string of the molecule is Cc1c(C)c(=O)n(CCn2cc(N)ccc2=O)[nH]c1=O. The standard InChI is InChI=1S/C13H16N4O3/c1-8-9(2)13(20)17(15-12(8)19)6-5-16-7-10(14)3-4-11(16)18/h3-4,7H,5-6,14H2,1-2H3,(H,15,19). The molecule has 0 aromatic carbocycles. The van der Waals surface area contributed by atoms with Crippen molar-refractivity contribution in [2.24, 2.45) is 0 Å². The number of nitrogen functional groups attached to an aromatic ring is 1. The van der Waals surface area contributed by atoms with Gasteiger partial charge in [-0.3, -0.25) is 19.5 Å². The normalized spacial score (nSPS) is 10.7. The molecule has 0 aliphatic carbocycles. The zero-order valence-corrected chi connectivity index (χ0v) is 11.3. The highest BCUT2D eigenvalue weighted by atomic mass is 16.2. The number of aromatic nitrogens is 3. The zero-order valence-electron chi connectivity index (χ0n) is 11.3. The van der Waals surface area contributed by atoms with E-state index in [1.54, 1.807) is 13.8 Å². The summed E-state index contributed by atoms with van der Waals surface area (Å²) in [5.74, 6) is 0. The van der Waals surface area contributed by atoms with E-state index in [1.165, 1.54) is 27.6 Å². The largest absolute Gasteiger partial charge is 0.398 e. The Morgan fingerprint density at radius 1 is 1.10 bits per heavy atom. The van der Waals surface area contributed by atoms with Gasteiger partial charge in [-0.1, -0.05) is 0 Å². The molecular formula is C13H16N4O3. The van der Waals surface area contributed by atoms with Crippen LogP contribution in [0.1, 0.15) is 11.1 Å². The number of hydrogen-bond acceptors (Lipinski definition) is 4. The Morgan fingerprint density at radius 3 is 2.50 bits per heavy atom. The lowest BCUT2D eigenvalue weighted by molar-refractivity contribution is 0.494. The van der Waals surface area contributed by atoms with E-state index in [4.69, 9.17) is 5.73 Å². The second kappa shape index (κ2) is 5.20. The van der Waals surface area contributed by atoms with Crippen molar-refractivity contribution in [1.29, 1.82) is 0 Å². The minimum atomic E-state index is -0.304. The molecule has 0 aliphatic rings. The molecule has 3 N–H and O–H groups in total. The van der Waals surface area contributed by atoms with Crippen LogP contribution in [0.5, 0.6) is 0 Å².